The fourth-order valence-corrected chi connectivity index (χ4v) is 2.72. The number of hydrogen-bond acceptors (Lipinski definition) is 5. The van der Waals surface area contributed by atoms with Crippen molar-refractivity contribution in [2.24, 2.45) is 0 Å². The van der Waals surface area contributed by atoms with Crippen LogP contribution in [0.4, 0.5) is 0 Å². The van der Waals surface area contributed by atoms with E-state index in [1.54, 1.807) is 68.0 Å². The van der Waals surface area contributed by atoms with E-state index >= 15 is 0 Å². The second-order valence-corrected chi connectivity index (χ2v) is 5.54. The Morgan fingerprint density at radius 2 is 1.15 bits per heavy atom. The molecule has 4 aromatic heterocycles. The summed E-state index contributed by atoms with van der Waals surface area (Å²) in [6, 6.07) is 7.18. The molecule has 132 valence electrons. The zero-order chi connectivity index (χ0) is 17.8. The van der Waals surface area contributed by atoms with E-state index < -0.39 is 6.17 Å². The highest BCUT2D eigenvalue weighted by Gasteiger charge is 2.24. The van der Waals surface area contributed by atoms with Gasteiger partial charge in [0.1, 0.15) is 0 Å². The molecular weight excluding hydrogens is 334 g/mol. The van der Waals surface area contributed by atoms with E-state index in [4.69, 9.17) is 0 Å². The van der Waals surface area contributed by atoms with Gasteiger partial charge in [-0.05, 0) is 24.3 Å². The highest BCUT2D eigenvalue weighted by atomic mass is 16.2. The molecule has 0 saturated heterocycles. The molecule has 4 aromatic rings. The van der Waals surface area contributed by atoms with E-state index in [1.165, 1.54) is 0 Å². The maximum Gasteiger partial charge on any atom is 0.267 e. The van der Waals surface area contributed by atoms with Gasteiger partial charge >= 0.3 is 0 Å². The minimum Gasteiger partial charge on any atom is -0.348 e. The zero-order valence-corrected chi connectivity index (χ0v) is 13.8. The fourth-order valence-electron chi connectivity index (χ4n) is 2.72. The van der Waals surface area contributed by atoms with Crippen LogP contribution in [0.15, 0.2) is 73.8 Å². The Bertz CT molecular complexity index is 842. The summed E-state index contributed by atoms with van der Waals surface area (Å²) in [4.78, 5) is 12.9. The van der Waals surface area contributed by atoms with E-state index in [1.807, 2.05) is 24.5 Å². The van der Waals surface area contributed by atoms with E-state index in [2.05, 4.69) is 25.7 Å². The average Bonchev–Trinajstić information content (AvgIpc) is 3.43. The number of carbonyl (C=O) groups excluding carboxylic acids is 1. The van der Waals surface area contributed by atoms with Crippen molar-refractivity contribution in [3.63, 3.8) is 0 Å². The van der Waals surface area contributed by atoms with E-state index in [0.717, 1.165) is 0 Å². The Hall–Kier alpha value is -3.69. The molecule has 26 heavy (non-hydrogen) atoms. The van der Waals surface area contributed by atoms with Crippen LogP contribution in [-0.2, 0) is 4.79 Å². The molecule has 4 rings (SSSR count). The van der Waals surface area contributed by atoms with Crippen molar-refractivity contribution in [1.29, 1.82) is 0 Å². The third-order valence-electron chi connectivity index (χ3n) is 3.90. The van der Waals surface area contributed by atoms with E-state index in [0.29, 0.717) is 6.54 Å². The Morgan fingerprint density at radius 3 is 1.54 bits per heavy atom. The van der Waals surface area contributed by atoms with Crippen molar-refractivity contribution < 1.29 is 4.79 Å². The van der Waals surface area contributed by atoms with Crippen molar-refractivity contribution in [2.75, 3.05) is 6.54 Å². The maximum atomic E-state index is 12.9. The molecule has 0 bridgehead atoms. The number of rotatable bonds is 7. The number of nitrogens with zero attached hydrogens (tertiary/aromatic N) is 8. The monoisotopic (exact) mass is 351 g/mol. The molecule has 0 fully saturated rings. The minimum atomic E-state index is -0.712. The van der Waals surface area contributed by atoms with Crippen LogP contribution in [0.5, 0.6) is 0 Å². The Morgan fingerprint density at radius 1 is 0.731 bits per heavy atom. The number of aromatic nitrogens is 8. The molecule has 1 amide bonds. The molecule has 0 aromatic carbocycles. The first-order chi connectivity index (χ1) is 12.8. The van der Waals surface area contributed by atoms with Crippen molar-refractivity contribution >= 4 is 5.91 Å². The van der Waals surface area contributed by atoms with E-state index in [-0.39, 0.29) is 12.1 Å². The van der Waals surface area contributed by atoms with Crippen LogP contribution in [0.2, 0.25) is 0 Å². The van der Waals surface area contributed by atoms with Crippen LogP contribution >= 0.6 is 0 Å². The fraction of sp³-hybridized carbons (Fsp3) is 0.188. The molecule has 0 atom stereocenters. The van der Waals surface area contributed by atoms with Crippen LogP contribution in [0, 0.1) is 0 Å². The van der Waals surface area contributed by atoms with Gasteiger partial charge in [0.05, 0.1) is 6.54 Å². The lowest BCUT2D eigenvalue weighted by Gasteiger charge is -2.22. The highest BCUT2D eigenvalue weighted by Crippen LogP contribution is 2.10. The summed E-state index contributed by atoms with van der Waals surface area (Å²) in [5.41, 5.74) is 0. The topological polar surface area (TPSA) is 100 Å². The first-order valence-electron chi connectivity index (χ1n) is 8.07. The second kappa shape index (κ2) is 7.05. The maximum absolute atomic E-state index is 12.9. The quantitative estimate of drug-likeness (QED) is 0.519. The molecular formula is C16H17N9O. The number of carbonyl (C=O) groups is 1. The summed E-state index contributed by atoms with van der Waals surface area (Å²) in [5.74, 6) is -0.235. The number of hydrogen-bond donors (Lipinski definition) is 1. The largest absolute Gasteiger partial charge is 0.348 e. The minimum absolute atomic E-state index is 0.235. The van der Waals surface area contributed by atoms with Gasteiger partial charge in [-0.3, -0.25) is 4.79 Å². The molecule has 0 aliphatic carbocycles. The molecule has 0 radical (unpaired) electrons. The standard InChI is InChI=1S/C16H17N9O/c26-15(16(24-11-3-7-20-24)25-12-4-8-21-25)17-13-14(22-9-1-5-18-22)23-10-2-6-19-23/h1-12,14,16H,13H2,(H,17,26). The van der Waals surface area contributed by atoms with Crippen molar-refractivity contribution in [1.82, 2.24) is 44.4 Å². The normalized spacial score (nSPS) is 11.3. The third-order valence-corrected chi connectivity index (χ3v) is 3.90. The van der Waals surface area contributed by atoms with Gasteiger partial charge in [0.15, 0.2) is 6.17 Å². The summed E-state index contributed by atoms with van der Waals surface area (Å²) in [5, 5.41) is 19.8. The van der Waals surface area contributed by atoms with Gasteiger partial charge in [0.2, 0.25) is 6.17 Å². The second-order valence-electron chi connectivity index (χ2n) is 5.54. The Kier molecular flexibility index (Phi) is 4.29. The van der Waals surface area contributed by atoms with Crippen LogP contribution in [0.25, 0.3) is 0 Å². The summed E-state index contributed by atoms with van der Waals surface area (Å²) in [6.45, 7) is 0.307. The third kappa shape index (κ3) is 3.11. The van der Waals surface area contributed by atoms with Gasteiger partial charge < -0.3 is 5.32 Å². The molecule has 0 unspecified atom stereocenters. The lowest BCUT2D eigenvalue weighted by atomic mass is 10.4. The predicted octanol–water partition coefficient (Wildman–Crippen LogP) is 0.383. The first-order valence-corrected chi connectivity index (χ1v) is 8.07. The van der Waals surface area contributed by atoms with Crippen LogP contribution < -0.4 is 5.32 Å². The molecule has 0 aliphatic heterocycles. The Labute approximate surface area is 148 Å². The number of nitrogens with one attached hydrogen (secondary N) is 1. The van der Waals surface area contributed by atoms with Gasteiger partial charge in [0.25, 0.3) is 5.91 Å². The smallest absolute Gasteiger partial charge is 0.267 e. The van der Waals surface area contributed by atoms with Gasteiger partial charge in [-0.1, -0.05) is 0 Å². The van der Waals surface area contributed by atoms with Crippen molar-refractivity contribution in [3.05, 3.63) is 73.8 Å². The van der Waals surface area contributed by atoms with Crippen molar-refractivity contribution in [3.8, 4) is 0 Å². The molecule has 0 saturated carbocycles. The number of amides is 1. The molecule has 4 heterocycles. The van der Waals surface area contributed by atoms with Crippen LogP contribution in [-0.4, -0.2) is 51.6 Å². The van der Waals surface area contributed by atoms with Crippen LogP contribution in [0.3, 0.4) is 0 Å². The van der Waals surface area contributed by atoms with Gasteiger partial charge in [-0.25, -0.2) is 18.7 Å². The highest BCUT2D eigenvalue weighted by molar-refractivity contribution is 5.80. The van der Waals surface area contributed by atoms with Gasteiger partial charge in [0, 0.05) is 49.6 Å². The summed E-state index contributed by atoms with van der Waals surface area (Å²) in [6.07, 6.45) is 12.8. The SMILES string of the molecule is O=C(NCC(n1cccn1)n1cccn1)C(n1cccn1)n1cccn1. The molecule has 10 heteroatoms. The van der Waals surface area contributed by atoms with Gasteiger partial charge in [-0.2, -0.15) is 20.4 Å². The molecule has 0 spiro atoms. The molecule has 10 nitrogen and oxygen atoms in total. The molecule has 1 N–H and O–H groups in total. The summed E-state index contributed by atoms with van der Waals surface area (Å²) < 4.78 is 6.59. The zero-order valence-electron chi connectivity index (χ0n) is 13.8. The predicted molar refractivity (Wildman–Crippen MR) is 90.8 cm³/mol. The summed E-state index contributed by atoms with van der Waals surface area (Å²) in [7, 11) is 0. The lowest BCUT2D eigenvalue weighted by molar-refractivity contribution is -0.126. The van der Waals surface area contributed by atoms with Crippen molar-refractivity contribution in [2.45, 2.75) is 12.3 Å². The van der Waals surface area contributed by atoms with Crippen LogP contribution in [0.1, 0.15) is 12.3 Å². The Balaban J connectivity index is 1.54. The molecule has 0 aliphatic rings. The first kappa shape index (κ1) is 15.8. The lowest BCUT2D eigenvalue weighted by Crippen LogP contribution is -2.41. The summed E-state index contributed by atoms with van der Waals surface area (Å²) >= 11 is 0. The van der Waals surface area contributed by atoms with Gasteiger partial charge in [-0.15, -0.1) is 0 Å². The van der Waals surface area contributed by atoms with E-state index in [9.17, 15) is 4.79 Å². The average molecular weight is 351 g/mol.